The Morgan fingerprint density at radius 2 is 1.74 bits per heavy atom. The van der Waals surface area contributed by atoms with Crippen molar-refractivity contribution < 1.29 is 68.1 Å². The van der Waals surface area contributed by atoms with Gasteiger partial charge in [0, 0.05) is 0 Å². The van der Waals surface area contributed by atoms with Crippen LogP contribution < -0.4 is 43.2 Å². The maximum atomic E-state index is 13.9. The van der Waals surface area contributed by atoms with Crippen molar-refractivity contribution in [3.8, 4) is 0 Å². The smallest absolute Gasteiger partial charge is 0.0622 e. The van der Waals surface area contributed by atoms with E-state index in [4.69, 9.17) is 15.2 Å². The fraction of sp³-hybridized carbons (Fsp3) is 0.576. The second-order valence-electron chi connectivity index (χ2n) is 13.1. The van der Waals surface area contributed by atoms with Crippen LogP contribution in [0.25, 0.3) is 0 Å². The Balaban J connectivity index is 2.26. The number of allylic oxidation sites excluding steroid dienone is 1. The summed E-state index contributed by atoms with van der Waals surface area (Å²) in [5.74, 6) is -2.90. The zero-order valence-electron chi connectivity index (χ0n) is 29.3. The maximum absolute atomic E-state index is 13.9. The molecule has 5 N–H and O–H groups in total. The molecule has 1 aliphatic carbocycles. The number of nitrogens with one attached hydrogen (secondary N) is 3. The fourth-order valence-corrected chi connectivity index (χ4v) is 8.17. The Bertz CT molecular complexity index is 1520. The van der Waals surface area contributed by atoms with Gasteiger partial charge in [-0.15, -0.1) is 0 Å². The topological polar surface area (TPSA) is 220 Å². The first kappa shape index (κ1) is 42.4. The summed E-state index contributed by atoms with van der Waals surface area (Å²) in [4.78, 5) is 78.1. The Labute approximate surface area is 304 Å². The average Bonchev–Trinajstić information content (AvgIpc) is 3.78. The number of carbonyl (C=O) groups is 6. The Hall–Kier alpha value is -3.74. The third-order valence-corrected chi connectivity index (χ3v) is 10.7. The minimum Gasteiger partial charge on any atom is -0.0622 e. The number of nitrogens with zero attached hydrogens (tertiary/aromatic N) is 1. The molecule has 1 aromatic carbocycles. The second-order valence-corrected chi connectivity index (χ2v) is 17.7. The molecule has 2 rings (SSSR count). The zero-order valence-corrected chi connectivity index (χ0v) is 32.3. The van der Waals surface area contributed by atoms with Crippen LogP contribution in [0.5, 0.6) is 0 Å². The first-order valence-electron chi connectivity index (χ1n) is 16.1. The van der Waals surface area contributed by atoms with Crippen molar-refractivity contribution in [1.82, 2.24) is 19.1 Å². The molecule has 0 spiro atoms. The molecule has 15 nitrogen and oxygen atoms in total. The molecule has 1 saturated carbocycles. The predicted molar refractivity (Wildman–Crippen MR) is 180 cm³/mol. The van der Waals surface area contributed by atoms with Gasteiger partial charge in [0.1, 0.15) is 0 Å². The Morgan fingerprint density at radius 1 is 1.08 bits per heavy atom. The van der Waals surface area contributed by atoms with Crippen molar-refractivity contribution in [3.63, 3.8) is 0 Å². The molecule has 5 amide bonds. The molecule has 0 saturated heterocycles. The summed E-state index contributed by atoms with van der Waals surface area (Å²) in [5, 5.41) is 8.86. The number of halogens is 1. The van der Waals surface area contributed by atoms with Crippen molar-refractivity contribution >= 4 is 43.5 Å². The SMILES string of the molecule is CCCN([I-]C(=O)NC1(C(=O)OC)CC1C(C)(C)C)C(=O)[C@H](CCC(N)=O)NC(=O)C(CC/C=C/S(C)(=O)=O)NC(=O)OCc1ccccc1. The normalized spacial score (nSPS) is 18.4. The van der Waals surface area contributed by atoms with Crippen molar-refractivity contribution in [2.24, 2.45) is 17.1 Å². The van der Waals surface area contributed by atoms with E-state index in [1.165, 1.54) is 16.3 Å². The zero-order chi connectivity index (χ0) is 37.7. The van der Waals surface area contributed by atoms with Gasteiger partial charge in [-0.2, -0.15) is 0 Å². The van der Waals surface area contributed by atoms with Gasteiger partial charge in [0.25, 0.3) is 0 Å². The van der Waals surface area contributed by atoms with E-state index in [9.17, 15) is 37.2 Å². The molecule has 17 heteroatoms. The quantitative estimate of drug-likeness (QED) is 0.0452. The molecule has 50 heavy (non-hydrogen) atoms. The summed E-state index contributed by atoms with van der Waals surface area (Å²) in [7, 11) is -2.20. The summed E-state index contributed by atoms with van der Waals surface area (Å²) < 4.78 is 34.2. The third kappa shape index (κ3) is 13.9. The summed E-state index contributed by atoms with van der Waals surface area (Å²) in [6.07, 6.45) is 1.81. The molecule has 4 atom stereocenters. The number of hydrogen-bond donors (Lipinski definition) is 4. The van der Waals surface area contributed by atoms with E-state index in [0.717, 1.165) is 11.7 Å². The molecule has 1 fully saturated rings. The van der Waals surface area contributed by atoms with Gasteiger partial charge in [0.05, 0.1) is 0 Å². The fourth-order valence-electron chi connectivity index (χ4n) is 5.25. The predicted octanol–water partition coefficient (Wildman–Crippen LogP) is -0.700. The minimum atomic E-state index is -3.44. The van der Waals surface area contributed by atoms with E-state index in [-0.39, 0.29) is 50.2 Å². The van der Waals surface area contributed by atoms with Crippen LogP contribution in [-0.4, -0.2) is 82.8 Å². The molecule has 0 radical (unpaired) electrons. The van der Waals surface area contributed by atoms with Crippen LogP contribution in [0.2, 0.25) is 0 Å². The van der Waals surface area contributed by atoms with Crippen LogP contribution in [-0.2, 0) is 45.1 Å². The van der Waals surface area contributed by atoms with Crippen LogP contribution in [0.15, 0.2) is 41.8 Å². The number of benzene rings is 1. The number of primary amides is 1. The molecular weight excluding hydrogens is 785 g/mol. The van der Waals surface area contributed by atoms with Gasteiger partial charge < -0.3 is 0 Å². The molecule has 0 bridgehead atoms. The summed E-state index contributed by atoms with van der Waals surface area (Å²) in [5.41, 5.74) is 4.56. The van der Waals surface area contributed by atoms with E-state index < -0.39 is 82.6 Å². The third-order valence-electron chi connectivity index (χ3n) is 7.80. The van der Waals surface area contributed by atoms with Gasteiger partial charge in [0.15, 0.2) is 0 Å². The number of methoxy groups -OCH3 is 1. The van der Waals surface area contributed by atoms with Crippen LogP contribution >= 0.6 is 0 Å². The van der Waals surface area contributed by atoms with Crippen LogP contribution in [0.3, 0.4) is 0 Å². The van der Waals surface area contributed by atoms with Crippen LogP contribution in [0.4, 0.5) is 9.59 Å². The van der Waals surface area contributed by atoms with Crippen molar-refractivity contribution in [2.75, 3.05) is 19.9 Å². The second kappa shape index (κ2) is 19.0. The summed E-state index contributed by atoms with van der Waals surface area (Å²) in [6.45, 7) is 7.73. The van der Waals surface area contributed by atoms with Crippen molar-refractivity contribution in [1.29, 1.82) is 0 Å². The van der Waals surface area contributed by atoms with Gasteiger partial charge in [-0.25, -0.2) is 0 Å². The van der Waals surface area contributed by atoms with Gasteiger partial charge >= 0.3 is 287 Å². The van der Waals surface area contributed by atoms with Gasteiger partial charge in [-0.1, -0.05) is 18.2 Å². The van der Waals surface area contributed by atoms with Crippen molar-refractivity contribution in [3.05, 3.63) is 47.4 Å². The van der Waals surface area contributed by atoms with E-state index in [1.807, 2.05) is 20.8 Å². The summed E-state index contributed by atoms with van der Waals surface area (Å²) >= 11 is -1.73. The number of sulfone groups is 1. The monoisotopic (exact) mass is 834 g/mol. The van der Waals surface area contributed by atoms with E-state index >= 15 is 0 Å². The molecule has 1 aliphatic rings. The number of alkyl carbamates (subject to hydrolysis) is 1. The first-order valence-corrected chi connectivity index (χ1v) is 20.1. The van der Waals surface area contributed by atoms with E-state index in [0.29, 0.717) is 18.4 Å². The van der Waals surface area contributed by atoms with Crippen LogP contribution in [0, 0.1) is 11.3 Å². The number of rotatable bonds is 19. The van der Waals surface area contributed by atoms with Crippen molar-refractivity contribution in [2.45, 2.75) is 90.4 Å². The van der Waals surface area contributed by atoms with Gasteiger partial charge in [0.2, 0.25) is 0 Å². The number of ether oxygens (including phenoxy) is 2. The molecule has 1 aromatic rings. The standard InChI is InChI=1S/C33H49IN5O10S/c1-7-18-39(34-30(44)38-33(29(43)48-5)20-25(33)32(2,3)4)28(42)24(16-17-26(35)40)36-27(41)23(15-11-12-19-50(6,46)47)37-31(45)49-21-22-13-9-8-10-14-22/h8-10,12-14,19,23-25H,7,11,15-18,20-21H2,1-6H3,(H2,35,40)(H,36,41)(H,37,45)(H,38,44)/q-1/b19-12+/t23?,24-,25?,33?/m0/s1. The molecule has 280 valence electrons. The number of hydrogen-bond acceptors (Lipinski definition) is 10. The number of amides is 5. The van der Waals surface area contributed by atoms with E-state index in [1.54, 1.807) is 37.3 Å². The number of nitrogens with two attached hydrogens (primary N) is 1. The number of carbonyl (C=O) groups excluding carboxylic acids is 6. The molecular formula is C33H49IN5O10S-. The minimum absolute atomic E-state index is 0.0619. The molecule has 0 aliphatic heterocycles. The van der Waals surface area contributed by atoms with E-state index in [2.05, 4.69) is 16.0 Å². The Morgan fingerprint density at radius 3 is 2.28 bits per heavy atom. The van der Waals surface area contributed by atoms with Crippen LogP contribution in [0.1, 0.15) is 71.8 Å². The molecule has 0 aromatic heterocycles. The first-order chi connectivity index (χ1) is 23.3. The Kier molecular flexibility index (Phi) is 16.1. The average molecular weight is 835 g/mol. The van der Waals surface area contributed by atoms with Gasteiger partial charge in [-0.3, -0.25) is 0 Å². The van der Waals surface area contributed by atoms with Gasteiger partial charge in [-0.05, 0) is 0 Å². The summed E-state index contributed by atoms with van der Waals surface area (Å²) in [6, 6.07) is 6.25. The number of esters is 1. The molecule has 0 heterocycles. The molecule has 3 unspecified atom stereocenters.